The number of carbonyl (C=O) groups is 1. The summed E-state index contributed by atoms with van der Waals surface area (Å²) in [6, 6.07) is 2.04. The van der Waals surface area contributed by atoms with Crippen molar-refractivity contribution in [3.05, 3.63) is 11.8 Å². The van der Waals surface area contributed by atoms with E-state index in [0.717, 1.165) is 57.1 Å². The summed E-state index contributed by atoms with van der Waals surface area (Å²) in [6.07, 6.45) is 2.04. The van der Waals surface area contributed by atoms with Crippen molar-refractivity contribution in [3.8, 4) is 0 Å². The summed E-state index contributed by atoms with van der Waals surface area (Å²) in [5.41, 5.74) is 0.958. The van der Waals surface area contributed by atoms with Crippen molar-refractivity contribution in [2.24, 2.45) is 7.05 Å². The first-order valence-corrected chi connectivity index (χ1v) is 7.43. The van der Waals surface area contributed by atoms with E-state index in [2.05, 4.69) is 15.3 Å². The van der Waals surface area contributed by atoms with Crippen LogP contribution in [0.3, 0.4) is 0 Å². The van der Waals surface area contributed by atoms with Crippen LogP contribution in [0.5, 0.6) is 0 Å². The van der Waals surface area contributed by atoms with Crippen molar-refractivity contribution in [3.63, 3.8) is 0 Å². The number of rotatable bonds is 2. The Hall–Kier alpha value is -1.40. The SMILES string of the molecule is Cc1cc(N2CCCC(N3CCNCC3)C2=O)n(C)n1. The monoisotopic (exact) mass is 277 g/mol. The highest BCUT2D eigenvalue weighted by Gasteiger charge is 2.35. The van der Waals surface area contributed by atoms with Crippen molar-refractivity contribution < 1.29 is 4.79 Å². The second-order valence-corrected chi connectivity index (χ2v) is 5.70. The van der Waals surface area contributed by atoms with Crippen molar-refractivity contribution in [1.82, 2.24) is 20.0 Å². The first kappa shape index (κ1) is 13.6. The molecule has 2 saturated heterocycles. The Morgan fingerprint density at radius 2 is 2.05 bits per heavy atom. The highest BCUT2D eigenvalue weighted by Crippen LogP contribution is 2.24. The fraction of sp³-hybridized carbons (Fsp3) is 0.714. The predicted molar refractivity (Wildman–Crippen MR) is 77.8 cm³/mol. The lowest BCUT2D eigenvalue weighted by Gasteiger charge is -2.39. The molecule has 0 saturated carbocycles. The Labute approximate surface area is 119 Å². The van der Waals surface area contributed by atoms with E-state index in [1.807, 2.05) is 29.6 Å². The van der Waals surface area contributed by atoms with Gasteiger partial charge in [-0.1, -0.05) is 0 Å². The number of hydrogen-bond donors (Lipinski definition) is 1. The van der Waals surface area contributed by atoms with E-state index in [9.17, 15) is 4.79 Å². The molecule has 1 unspecified atom stereocenters. The van der Waals surface area contributed by atoms with Gasteiger partial charge in [-0.2, -0.15) is 5.10 Å². The lowest BCUT2D eigenvalue weighted by atomic mass is 10.0. The quantitative estimate of drug-likeness (QED) is 0.835. The first-order valence-electron chi connectivity index (χ1n) is 7.43. The van der Waals surface area contributed by atoms with Gasteiger partial charge in [0, 0.05) is 45.8 Å². The van der Waals surface area contributed by atoms with Crippen molar-refractivity contribution in [1.29, 1.82) is 0 Å². The molecule has 0 aromatic carbocycles. The Morgan fingerprint density at radius 3 is 2.70 bits per heavy atom. The van der Waals surface area contributed by atoms with Gasteiger partial charge in [-0.15, -0.1) is 0 Å². The van der Waals surface area contributed by atoms with Crippen LogP contribution in [0.15, 0.2) is 6.07 Å². The number of anilines is 1. The molecule has 6 nitrogen and oxygen atoms in total. The molecule has 2 aliphatic rings. The summed E-state index contributed by atoms with van der Waals surface area (Å²) in [5, 5.41) is 7.70. The van der Waals surface area contributed by atoms with E-state index in [1.54, 1.807) is 0 Å². The number of amides is 1. The molecule has 1 aromatic rings. The van der Waals surface area contributed by atoms with Crippen LogP contribution in [-0.4, -0.2) is 59.4 Å². The van der Waals surface area contributed by atoms with Crippen LogP contribution in [0.2, 0.25) is 0 Å². The molecular formula is C14H23N5O. The fourth-order valence-corrected chi connectivity index (χ4v) is 3.27. The second kappa shape index (κ2) is 5.54. The van der Waals surface area contributed by atoms with Crippen LogP contribution in [-0.2, 0) is 11.8 Å². The average molecular weight is 277 g/mol. The summed E-state index contributed by atoms with van der Waals surface area (Å²) in [5.74, 6) is 1.16. The zero-order valence-corrected chi connectivity index (χ0v) is 12.3. The molecule has 1 N–H and O–H groups in total. The Kier molecular flexibility index (Phi) is 3.76. The molecule has 20 heavy (non-hydrogen) atoms. The number of nitrogens with one attached hydrogen (secondary N) is 1. The maximum atomic E-state index is 12.8. The first-order chi connectivity index (χ1) is 9.66. The molecule has 1 amide bonds. The molecule has 0 aliphatic carbocycles. The minimum Gasteiger partial charge on any atom is -0.314 e. The fourth-order valence-electron chi connectivity index (χ4n) is 3.27. The molecule has 3 rings (SSSR count). The summed E-state index contributed by atoms with van der Waals surface area (Å²) in [6.45, 7) is 6.67. The van der Waals surface area contributed by atoms with Gasteiger partial charge in [0.1, 0.15) is 5.82 Å². The van der Waals surface area contributed by atoms with Gasteiger partial charge in [0.2, 0.25) is 5.91 Å². The molecule has 0 bridgehead atoms. The van der Waals surface area contributed by atoms with Gasteiger partial charge in [-0.05, 0) is 19.8 Å². The van der Waals surface area contributed by atoms with Crippen LogP contribution in [0.1, 0.15) is 18.5 Å². The van der Waals surface area contributed by atoms with Crippen LogP contribution in [0, 0.1) is 6.92 Å². The number of aromatic nitrogens is 2. The van der Waals surface area contributed by atoms with Crippen molar-refractivity contribution in [2.75, 3.05) is 37.6 Å². The predicted octanol–water partition coefficient (Wildman–Crippen LogP) is 0.129. The van der Waals surface area contributed by atoms with Crippen LogP contribution in [0.25, 0.3) is 0 Å². The zero-order valence-electron chi connectivity index (χ0n) is 12.3. The van der Waals surface area contributed by atoms with Gasteiger partial charge in [0.25, 0.3) is 0 Å². The molecule has 1 aromatic heterocycles. The lowest BCUT2D eigenvalue weighted by Crippen LogP contribution is -2.57. The van der Waals surface area contributed by atoms with E-state index in [1.165, 1.54) is 0 Å². The van der Waals surface area contributed by atoms with Crippen LogP contribution < -0.4 is 10.2 Å². The zero-order chi connectivity index (χ0) is 14.1. The van der Waals surface area contributed by atoms with Crippen molar-refractivity contribution in [2.45, 2.75) is 25.8 Å². The number of piperazine rings is 1. The third-order valence-corrected chi connectivity index (χ3v) is 4.26. The van der Waals surface area contributed by atoms with Gasteiger partial charge in [-0.3, -0.25) is 19.3 Å². The molecule has 110 valence electrons. The van der Waals surface area contributed by atoms with Gasteiger partial charge in [0.15, 0.2) is 0 Å². The number of carbonyl (C=O) groups excluding carboxylic acids is 1. The minimum absolute atomic E-state index is 0.0426. The molecule has 2 fully saturated rings. The van der Waals surface area contributed by atoms with Gasteiger partial charge >= 0.3 is 0 Å². The molecule has 1 atom stereocenters. The van der Waals surface area contributed by atoms with Gasteiger partial charge < -0.3 is 5.32 Å². The molecule has 3 heterocycles. The smallest absolute Gasteiger partial charge is 0.245 e. The summed E-state index contributed by atoms with van der Waals surface area (Å²) in [7, 11) is 1.91. The van der Waals surface area contributed by atoms with E-state index < -0.39 is 0 Å². The average Bonchev–Trinajstić information content (AvgIpc) is 2.79. The third-order valence-electron chi connectivity index (χ3n) is 4.26. The standard InChI is InChI=1S/C14H23N5O/c1-11-10-13(17(2)16-11)19-7-3-4-12(14(19)20)18-8-5-15-6-9-18/h10,12,15H,3-9H2,1-2H3. The molecular weight excluding hydrogens is 254 g/mol. The lowest BCUT2D eigenvalue weighted by molar-refractivity contribution is -0.125. The Balaban J connectivity index is 1.79. The second-order valence-electron chi connectivity index (χ2n) is 5.70. The Bertz CT molecular complexity index is 492. The number of piperidine rings is 1. The van der Waals surface area contributed by atoms with E-state index >= 15 is 0 Å². The molecule has 0 spiro atoms. The van der Waals surface area contributed by atoms with Gasteiger partial charge in [0.05, 0.1) is 11.7 Å². The maximum Gasteiger partial charge on any atom is 0.245 e. The largest absolute Gasteiger partial charge is 0.314 e. The van der Waals surface area contributed by atoms with E-state index in [4.69, 9.17) is 0 Å². The van der Waals surface area contributed by atoms with Gasteiger partial charge in [-0.25, -0.2) is 0 Å². The maximum absolute atomic E-state index is 12.8. The number of aryl methyl sites for hydroxylation is 2. The van der Waals surface area contributed by atoms with Crippen LogP contribution in [0.4, 0.5) is 5.82 Å². The number of hydrogen-bond acceptors (Lipinski definition) is 4. The summed E-state index contributed by atoms with van der Waals surface area (Å²) < 4.78 is 1.81. The minimum atomic E-state index is 0.0426. The topological polar surface area (TPSA) is 53.4 Å². The highest BCUT2D eigenvalue weighted by atomic mass is 16.2. The van der Waals surface area contributed by atoms with Crippen LogP contribution >= 0.6 is 0 Å². The molecule has 0 radical (unpaired) electrons. The summed E-state index contributed by atoms with van der Waals surface area (Å²) in [4.78, 5) is 17.0. The number of nitrogens with zero attached hydrogens (tertiary/aromatic N) is 4. The third kappa shape index (κ3) is 2.45. The normalized spacial score (nSPS) is 25.2. The molecule has 2 aliphatic heterocycles. The van der Waals surface area contributed by atoms with E-state index in [-0.39, 0.29) is 11.9 Å². The van der Waals surface area contributed by atoms with Crippen molar-refractivity contribution >= 4 is 11.7 Å². The summed E-state index contributed by atoms with van der Waals surface area (Å²) >= 11 is 0. The molecule has 6 heteroatoms. The Morgan fingerprint density at radius 1 is 1.30 bits per heavy atom. The highest BCUT2D eigenvalue weighted by molar-refractivity contribution is 5.97. The van der Waals surface area contributed by atoms with E-state index in [0.29, 0.717) is 0 Å².